The number of Topliss-reactive ketones (excluding diaryl/α,β-unsaturated/α-hetero) is 2. The van der Waals surface area contributed by atoms with Crippen molar-refractivity contribution in [1.82, 2.24) is 4.90 Å². The lowest BCUT2D eigenvalue weighted by molar-refractivity contribution is -0.166. The average molecular weight is 549 g/mol. The Hall–Kier alpha value is -4.45. The van der Waals surface area contributed by atoms with Crippen molar-refractivity contribution in [2.24, 2.45) is 17.6 Å². The molecule has 3 aliphatic carbocycles. The van der Waals surface area contributed by atoms with Crippen LogP contribution >= 0.6 is 0 Å². The summed E-state index contributed by atoms with van der Waals surface area (Å²) in [6.45, 7) is 0. The predicted octanol–water partition coefficient (Wildman–Crippen LogP) is 0.942. The normalized spacial score (nSPS) is 28.9. The maximum Gasteiger partial charge on any atom is 0.255 e. The van der Waals surface area contributed by atoms with Gasteiger partial charge in [0.15, 0.2) is 11.4 Å². The van der Waals surface area contributed by atoms with Crippen LogP contribution < -0.4 is 10.5 Å². The molecule has 1 fully saturated rings. The number of nitrogens with two attached hydrogens (primary N) is 1. The molecule has 0 spiro atoms. The maximum atomic E-state index is 14.1. The monoisotopic (exact) mass is 548 g/mol. The lowest BCUT2D eigenvalue weighted by atomic mass is 9.55. The van der Waals surface area contributed by atoms with E-state index in [4.69, 9.17) is 10.5 Å². The Bertz CT molecular complexity index is 1550. The summed E-state index contributed by atoms with van der Waals surface area (Å²) in [6, 6.07) is 9.81. The van der Waals surface area contributed by atoms with E-state index in [1.54, 1.807) is 36.4 Å². The third-order valence-electron chi connectivity index (χ3n) is 7.97. The van der Waals surface area contributed by atoms with Gasteiger partial charge < -0.3 is 36.0 Å². The average Bonchev–Trinajstić information content (AvgIpc) is 2.90. The van der Waals surface area contributed by atoms with Gasteiger partial charge in [0.05, 0.1) is 36.3 Å². The lowest BCUT2D eigenvalue weighted by Crippen LogP contribution is -2.70. The van der Waals surface area contributed by atoms with Crippen molar-refractivity contribution in [3.8, 4) is 11.5 Å². The van der Waals surface area contributed by atoms with Crippen molar-refractivity contribution in [3.63, 3.8) is 0 Å². The molecule has 0 aromatic heterocycles. The maximum absolute atomic E-state index is 14.1. The second-order valence-corrected chi connectivity index (χ2v) is 10.3. The number of likely N-dealkylation sites (N-methyl/N-ethyl adjacent to an activating group) is 1. The molecule has 0 bridgehead atoms. The zero-order chi connectivity index (χ0) is 29.3. The number of aromatic hydroxyl groups is 1. The molecule has 2 aromatic rings. The number of amides is 1. The van der Waals surface area contributed by atoms with Crippen LogP contribution in [-0.2, 0) is 14.4 Å². The van der Waals surface area contributed by atoms with E-state index in [-0.39, 0.29) is 11.3 Å². The van der Waals surface area contributed by atoms with Gasteiger partial charge in [0.1, 0.15) is 28.6 Å². The molecule has 5 rings (SSSR count). The molecule has 1 amide bonds. The number of carbonyl (C=O) groups is 3. The van der Waals surface area contributed by atoms with Crippen molar-refractivity contribution in [2.45, 2.75) is 17.7 Å². The number of hydrogen-bond acceptors (Lipinski definition) is 10. The molecule has 208 valence electrons. The molecule has 0 heterocycles. The molecule has 0 radical (unpaired) electrons. The van der Waals surface area contributed by atoms with Crippen LogP contribution in [0, 0.1) is 11.8 Å². The number of aliphatic hydroxyl groups excluding tert-OH is 3. The lowest BCUT2D eigenvalue weighted by Gasteiger charge is -2.53. The third-order valence-corrected chi connectivity index (χ3v) is 7.97. The van der Waals surface area contributed by atoms with Crippen LogP contribution in [0.1, 0.15) is 16.7 Å². The molecular weight excluding hydrogens is 520 g/mol. The first kappa shape index (κ1) is 27.1. The Morgan fingerprint density at radius 1 is 1.07 bits per heavy atom. The smallest absolute Gasteiger partial charge is 0.255 e. The number of fused-ring (bicyclic) bond motifs is 3. The van der Waals surface area contributed by atoms with Crippen LogP contribution in [0.4, 0.5) is 0 Å². The number of ether oxygens (including phenoxy) is 1. The SMILES string of the molecule is COc1ccc(/C=C2\c3cccc(O)c3C(O)=C3C(=O)C4(O)C(O)=C(C(N)=O)C(=O)C(N(C)C)C4C(O)C32)cc1. The summed E-state index contributed by atoms with van der Waals surface area (Å²) in [7, 11) is 4.41. The van der Waals surface area contributed by atoms with E-state index in [9.17, 15) is 39.9 Å². The molecule has 0 saturated heterocycles. The van der Waals surface area contributed by atoms with Crippen molar-refractivity contribution in [3.05, 3.63) is 76.1 Å². The number of carbonyl (C=O) groups excluding carboxylic acids is 3. The summed E-state index contributed by atoms with van der Waals surface area (Å²) in [5.74, 6) is -8.33. The quantitative estimate of drug-likeness (QED) is 0.300. The van der Waals surface area contributed by atoms with Crippen LogP contribution in [0.5, 0.6) is 11.5 Å². The highest BCUT2D eigenvalue weighted by atomic mass is 16.5. The summed E-state index contributed by atoms with van der Waals surface area (Å²) < 4.78 is 5.21. The van der Waals surface area contributed by atoms with Crippen LogP contribution in [0.3, 0.4) is 0 Å². The Morgan fingerprint density at radius 2 is 1.73 bits per heavy atom. The zero-order valence-corrected chi connectivity index (χ0v) is 21.8. The van der Waals surface area contributed by atoms with E-state index in [0.717, 1.165) is 0 Å². The number of aliphatic hydroxyl groups is 4. The van der Waals surface area contributed by atoms with Crippen molar-refractivity contribution < 1.29 is 44.7 Å². The van der Waals surface area contributed by atoms with E-state index in [0.29, 0.717) is 22.4 Å². The molecular formula is C29H28N2O9. The number of phenolic OH excluding ortho intramolecular Hbond substituents is 1. The Morgan fingerprint density at radius 3 is 2.30 bits per heavy atom. The minimum Gasteiger partial charge on any atom is -0.508 e. The summed E-state index contributed by atoms with van der Waals surface area (Å²) in [5, 5.41) is 56.7. The van der Waals surface area contributed by atoms with Gasteiger partial charge in [0, 0.05) is 5.92 Å². The first-order valence-corrected chi connectivity index (χ1v) is 12.4. The largest absolute Gasteiger partial charge is 0.508 e. The van der Waals surface area contributed by atoms with Gasteiger partial charge in [-0.25, -0.2) is 0 Å². The van der Waals surface area contributed by atoms with Crippen molar-refractivity contribution in [2.75, 3.05) is 21.2 Å². The van der Waals surface area contributed by atoms with Gasteiger partial charge in [0.25, 0.3) is 5.91 Å². The van der Waals surface area contributed by atoms with Gasteiger partial charge in [-0.15, -0.1) is 0 Å². The zero-order valence-electron chi connectivity index (χ0n) is 21.8. The first-order valence-electron chi connectivity index (χ1n) is 12.4. The number of primary amides is 1. The highest BCUT2D eigenvalue weighted by molar-refractivity contribution is 6.25. The topological polar surface area (TPSA) is 191 Å². The number of nitrogens with zero attached hydrogens (tertiary/aromatic N) is 1. The van der Waals surface area contributed by atoms with Crippen LogP contribution in [0.15, 0.2) is 59.4 Å². The minimum absolute atomic E-state index is 0.120. The number of phenols is 1. The summed E-state index contributed by atoms with van der Waals surface area (Å²) in [4.78, 5) is 41.0. The highest BCUT2D eigenvalue weighted by Gasteiger charge is 2.68. The minimum atomic E-state index is -2.99. The fraction of sp³-hybridized carbons (Fsp3) is 0.276. The van der Waals surface area contributed by atoms with Crippen molar-refractivity contribution in [1.29, 1.82) is 0 Å². The van der Waals surface area contributed by atoms with E-state index in [2.05, 4.69) is 0 Å². The van der Waals surface area contributed by atoms with E-state index in [1.807, 2.05) is 0 Å². The number of hydrogen-bond donors (Lipinski definition) is 6. The molecule has 5 unspecified atom stereocenters. The second kappa shape index (κ2) is 9.33. The van der Waals surface area contributed by atoms with Gasteiger partial charge in [-0.05, 0) is 49.0 Å². The van der Waals surface area contributed by atoms with Crippen LogP contribution in [0.2, 0.25) is 0 Å². The Labute approximate surface area is 228 Å². The molecule has 11 nitrogen and oxygen atoms in total. The van der Waals surface area contributed by atoms with E-state index < -0.39 is 69.7 Å². The second-order valence-electron chi connectivity index (χ2n) is 10.3. The number of benzene rings is 2. The van der Waals surface area contributed by atoms with E-state index in [1.165, 1.54) is 38.2 Å². The highest BCUT2D eigenvalue weighted by Crippen LogP contribution is 2.56. The first-order chi connectivity index (χ1) is 18.9. The number of ketones is 2. The molecule has 0 aliphatic heterocycles. The standard InChI is InChI=1S/C29H28N2O9/c1-31(2)22-21-24(34)18-15(11-12-7-9-13(40-3)10-8-12)14-5-4-6-16(32)17(14)23(33)19(18)26(36)29(21,39)27(37)20(25(22)35)28(30)38/h4-11,18,21-22,24,32-34,37,39H,1-3H3,(H2,30,38)/b15-11+. The van der Waals surface area contributed by atoms with Gasteiger partial charge in [-0.1, -0.05) is 30.3 Å². The summed E-state index contributed by atoms with van der Waals surface area (Å²) >= 11 is 0. The van der Waals surface area contributed by atoms with Crippen LogP contribution in [-0.4, -0.2) is 86.9 Å². The molecule has 40 heavy (non-hydrogen) atoms. The molecule has 1 saturated carbocycles. The van der Waals surface area contributed by atoms with Gasteiger partial charge in [-0.3, -0.25) is 19.3 Å². The molecule has 3 aliphatic rings. The summed E-state index contributed by atoms with van der Waals surface area (Å²) in [5.41, 5.74) is 2.01. The third kappa shape index (κ3) is 3.59. The molecule has 2 aromatic carbocycles. The summed E-state index contributed by atoms with van der Waals surface area (Å²) in [6.07, 6.45) is -0.0944. The van der Waals surface area contributed by atoms with Gasteiger partial charge >= 0.3 is 0 Å². The van der Waals surface area contributed by atoms with Crippen molar-refractivity contribution >= 4 is 34.9 Å². The fourth-order valence-corrected chi connectivity index (χ4v) is 6.19. The number of methoxy groups -OCH3 is 1. The Balaban J connectivity index is 1.84. The number of rotatable bonds is 4. The molecule has 5 atom stereocenters. The van der Waals surface area contributed by atoms with E-state index >= 15 is 0 Å². The Kier molecular flexibility index (Phi) is 6.33. The predicted molar refractivity (Wildman–Crippen MR) is 143 cm³/mol. The van der Waals surface area contributed by atoms with Gasteiger partial charge in [0.2, 0.25) is 5.78 Å². The molecule has 11 heteroatoms. The van der Waals surface area contributed by atoms with Crippen LogP contribution in [0.25, 0.3) is 17.4 Å². The fourth-order valence-electron chi connectivity index (χ4n) is 6.19. The molecule has 7 N–H and O–H groups in total. The van der Waals surface area contributed by atoms with Gasteiger partial charge in [-0.2, -0.15) is 0 Å².